The van der Waals surface area contributed by atoms with Gasteiger partial charge in [0.05, 0.1) is 0 Å². The standard InChI is InChI=1S/C12H16N2O2/c13-11(9-6-7-9)8-14-12(15)16-10-4-2-1-3-5-10/h1-5,9,11H,6-8,13H2,(H,14,15). The summed E-state index contributed by atoms with van der Waals surface area (Å²) in [7, 11) is 0. The molecular formula is C12H16N2O2. The molecule has 0 radical (unpaired) electrons. The second-order valence-corrected chi connectivity index (χ2v) is 4.08. The van der Waals surface area contributed by atoms with Gasteiger partial charge in [0.25, 0.3) is 0 Å². The first-order chi connectivity index (χ1) is 7.75. The number of benzene rings is 1. The highest BCUT2D eigenvalue weighted by atomic mass is 16.6. The van der Waals surface area contributed by atoms with Crippen LogP contribution in [-0.2, 0) is 0 Å². The smallest absolute Gasteiger partial charge is 0.410 e. The Balaban J connectivity index is 1.72. The number of hydrogen-bond acceptors (Lipinski definition) is 3. The fraction of sp³-hybridized carbons (Fsp3) is 0.417. The van der Waals surface area contributed by atoms with E-state index in [0.29, 0.717) is 18.2 Å². The van der Waals surface area contributed by atoms with Crippen molar-refractivity contribution in [2.75, 3.05) is 6.54 Å². The number of hydrogen-bond donors (Lipinski definition) is 2. The van der Waals surface area contributed by atoms with Crippen LogP contribution in [0.25, 0.3) is 0 Å². The number of nitrogens with two attached hydrogens (primary N) is 1. The number of amides is 1. The summed E-state index contributed by atoms with van der Waals surface area (Å²) >= 11 is 0. The van der Waals surface area contributed by atoms with Crippen molar-refractivity contribution in [2.45, 2.75) is 18.9 Å². The summed E-state index contributed by atoms with van der Waals surface area (Å²) in [5.41, 5.74) is 5.85. The van der Waals surface area contributed by atoms with Crippen LogP contribution in [0.15, 0.2) is 30.3 Å². The molecule has 1 amide bonds. The molecule has 16 heavy (non-hydrogen) atoms. The fourth-order valence-electron chi connectivity index (χ4n) is 1.52. The number of ether oxygens (including phenoxy) is 1. The van der Waals surface area contributed by atoms with Gasteiger partial charge in [-0.3, -0.25) is 0 Å². The fourth-order valence-corrected chi connectivity index (χ4v) is 1.52. The molecule has 1 aromatic carbocycles. The van der Waals surface area contributed by atoms with E-state index in [4.69, 9.17) is 10.5 Å². The van der Waals surface area contributed by atoms with Gasteiger partial charge in [0.15, 0.2) is 0 Å². The highest BCUT2D eigenvalue weighted by molar-refractivity contribution is 5.70. The second-order valence-electron chi connectivity index (χ2n) is 4.08. The van der Waals surface area contributed by atoms with Crippen molar-refractivity contribution >= 4 is 6.09 Å². The second kappa shape index (κ2) is 4.99. The topological polar surface area (TPSA) is 64.3 Å². The lowest BCUT2D eigenvalue weighted by atomic mass is 10.2. The van der Waals surface area contributed by atoms with Crippen molar-refractivity contribution < 1.29 is 9.53 Å². The van der Waals surface area contributed by atoms with Crippen molar-refractivity contribution in [2.24, 2.45) is 11.7 Å². The van der Waals surface area contributed by atoms with Gasteiger partial charge in [-0.05, 0) is 30.9 Å². The van der Waals surface area contributed by atoms with E-state index in [1.54, 1.807) is 12.1 Å². The van der Waals surface area contributed by atoms with Gasteiger partial charge < -0.3 is 15.8 Å². The largest absolute Gasteiger partial charge is 0.412 e. The Bertz CT molecular complexity index is 349. The van der Waals surface area contributed by atoms with Crippen LogP contribution >= 0.6 is 0 Å². The maximum absolute atomic E-state index is 11.4. The third-order valence-electron chi connectivity index (χ3n) is 2.66. The van der Waals surface area contributed by atoms with Gasteiger partial charge in [-0.15, -0.1) is 0 Å². The van der Waals surface area contributed by atoms with Gasteiger partial charge in [0, 0.05) is 12.6 Å². The number of rotatable bonds is 4. The molecule has 1 aromatic rings. The summed E-state index contributed by atoms with van der Waals surface area (Å²) in [6.07, 6.45) is 1.91. The van der Waals surface area contributed by atoms with Crippen LogP contribution < -0.4 is 15.8 Å². The molecular weight excluding hydrogens is 204 g/mol. The van der Waals surface area contributed by atoms with Gasteiger partial charge in [-0.1, -0.05) is 18.2 Å². The Morgan fingerprint density at radius 3 is 2.75 bits per heavy atom. The SMILES string of the molecule is NC(CNC(=O)Oc1ccccc1)C1CC1. The van der Waals surface area contributed by atoms with E-state index >= 15 is 0 Å². The lowest BCUT2D eigenvalue weighted by Crippen LogP contribution is -2.39. The minimum Gasteiger partial charge on any atom is -0.410 e. The van der Waals surface area contributed by atoms with Crippen LogP contribution in [0.2, 0.25) is 0 Å². The van der Waals surface area contributed by atoms with Crippen LogP contribution in [0.3, 0.4) is 0 Å². The van der Waals surface area contributed by atoms with Crippen molar-refractivity contribution in [1.29, 1.82) is 0 Å². The average molecular weight is 220 g/mol. The predicted molar refractivity (Wildman–Crippen MR) is 61.2 cm³/mol. The molecule has 3 N–H and O–H groups in total. The first-order valence-electron chi connectivity index (χ1n) is 5.52. The first-order valence-corrected chi connectivity index (χ1v) is 5.52. The number of nitrogens with one attached hydrogen (secondary N) is 1. The van der Waals surface area contributed by atoms with E-state index in [1.165, 1.54) is 12.8 Å². The zero-order valence-corrected chi connectivity index (χ0v) is 9.06. The van der Waals surface area contributed by atoms with E-state index < -0.39 is 6.09 Å². The van der Waals surface area contributed by atoms with E-state index in [9.17, 15) is 4.79 Å². The van der Waals surface area contributed by atoms with Crippen molar-refractivity contribution in [1.82, 2.24) is 5.32 Å². The van der Waals surface area contributed by atoms with Gasteiger partial charge in [0.1, 0.15) is 5.75 Å². The van der Waals surface area contributed by atoms with Crippen LogP contribution in [0.5, 0.6) is 5.75 Å². The maximum atomic E-state index is 11.4. The molecule has 2 rings (SSSR count). The molecule has 1 atom stereocenters. The van der Waals surface area contributed by atoms with Crippen molar-refractivity contribution in [3.05, 3.63) is 30.3 Å². The number of carbonyl (C=O) groups is 1. The van der Waals surface area contributed by atoms with E-state index in [2.05, 4.69) is 5.32 Å². The van der Waals surface area contributed by atoms with E-state index in [-0.39, 0.29) is 6.04 Å². The van der Waals surface area contributed by atoms with Crippen LogP contribution in [-0.4, -0.2) is 18.7 Å². The third kappa shape index (κ3) is 3.24. The van der Waals surface area contributed by atoms with Gasteiger partial charge in [0.2, 0.25) is 0 Å². The Morgan fingerprint density at radius 2 is 2.12 bits per heavy atom. The van der Waals surface area contributed by atoms with Crippen LogP contribution in [0.4, 0.5) is 4.79 Å². The molecule has 1 fully saturated rings. The molecule has 1 saturated carbocycles. The molecule has 4 heteroatoms. The number of para-hydroxylation sites is 1. The summed E-state index contributed by atoms with van der Waals surface area (Å²) in [6.45, 7) is 0.482. The zero-order valence-electron chi connectivity index (χ0n) is 9.06. The van der Waals surface area contributed by atoms with Crippen LogP contribution in [0.1, 0.15) is 12.8 Å². The normalized spacial score (nSPS) is 16.6. The lowest BCUT2D eigenvalue weighted by Gasteiger charge is -2.11. The Labute approximate surface area is 94.8 Å². The predicted octanol–water partition coefficient (Wildman–Crippen LogP) is 1.51. The molecule has 0 heterocycles. The quantitative estimate of drug-likeness (QED) is 0.808. The molecule has 0 saturated heterocycles. The van der Waals surface area contributed by atoms with Crippen LogP contribution in [0, 0.1) is 5.92 Å². The highest BCUT2D eigenvalue weighted by Gasteiger charge is 2.28. The summed E-state index contributed by atoms with van der Waals surface area (Å²) < 4.78 is 5.06. The summed E-state index contributed by atoms with van der Waals surface area (Å²) in [4.78, 5) is 11.4. The molecule has 1 aliphatic carbocycles. The highest BCUT2D eigenvalue weighted by Crippen LogP contribution is 2.31. The lowest BCUT2D eigenvalue weighted by molar-refractivity contribution is 0.199. The summed E-state index contributed by atoms with van der Waals surface area (Å²) in [5.74, 6) is 1.12. The third-order valence-corrected chi connectivity index (χ3v) is 2.66. The minimum atomic E-state index is -0.442. The first kappa shape index (κ1) is 11.0. The zero-order chi connectivity index (χ0) is 11.4. The van der Waals surface area contributed by atoms with Gasteiger partial charge in [-0.25, -0.2) is 4.79 Å². The van der Waals surface area contributed by atoms with Crippen molar-refractivity contribution in [3.8, 4) is 5.75 Å². The Kier molecular flexibility index (Phi) is 3.41. The molecule has 1 aliphatic rings. The van der Waals surface area contributed by atoms with Crippen molar-refractivity contribution in [3.63, 3.8) is 0 Å². The molecule has 0 aromatic heterocycles. The molecule has 1 unspecified atom stereocenters. The Morgan fingerprint density at radius 1 is 1.44 bits per heavy atom. The van der Waals surface area contributed by atoms with Gasteiger partial charge >= 0.3 is 6.09 Å². The monoisotopic (exact) mass is 220 g/mol. The minimum absolute atomic E-state index is 0.0586. The van der Waals surface area contributed by atoms with Gasteiger partial charge in [-0.2, -0.15) is 0 Å². The molecule has 0 bridgehead atoms. The molecule has 4 nitrogen and oxygen atoms in total. The average Bonchev–Trinajstić information content (AvgIpc) is 3.11. The molecule has 0 aliphatic heterocycles. The summed E-state index contributed by atoms with van der Waals surface area (Å²) in [6, 6.07) is 9.04. The summed E-state index contributed by atoms with van der Waals surface area (Å²) in [5, 5.41) is 2.67. The maximum Gasteiger partial charge on any atom is 0.412 e. The molecule has 0 spiro atoms. The number of carbonyl (C=O) groups excluding carboxylic acids is 1. The Hall–Kier alpha value is -1.55. The van der Waals surface area contributed by atoms with E-state index in [0.717, 1.165) is 0 Å². The van der Waals surface area contributed by atoms with E-state index in [1.807, 2.05) is 18.2 Å². The molecule has 86 valence electrons.